The molecule has 0 saturated heterocycles. The first-order valence-corrected chi connectivity index (χ1v) is 8.02. The summed E-state index contributed by atoms with van der Waals surface area (Å²) in [6.07, 6.45) is 4.63. The maximum atomic E-state index is 13.2. The van der Waals surface area contributed by atoms with Crippen LogP contribution in [0.2, 0.25) is 0 Å². The van der Waals surface area contributed by atoms with Crippen LogP contribution < -0.4 is 4.74 Å². The molecule has 0 atom stereocenters. The van der Waals surface area contributed by atoms with Crippen molar-refractivity contribution in [2.24, 2.45) is 0 Å². The second kappa shape index (κ2) is 8.19. The third kappa shape index (κ3) is 4.85. The number of rotatable bonds is 8. The third-order valence-electron chi connectivity index (χ3n) is 3.60. The van der Waals surface area contributed by atoms with Gasteiger partial charge in [-0.25, -0.2) is 14.1 Å². The minimum Gasteiger partial charge on any atom is -0.485 e. The number of halogens is 1. The fourth-order valence-corrected chi connectivity index (χ4v) is 2.43. The average molecular weight is 356 g/mol. The van der Waals surface area contributed by atoms with Gasteiger partial charge in [-0.3, -0.25) is 9.78 Å². The molecule has 26 heavy (non-hydrogen) atoms. The van der Waals surface area contributed by atoms with E-state index in [9.17, 15) is 9.18 Å². The molecule has 3 rings (SSSR count). The van der Waals surface area contributed by atoms with Gasteiger partial charge in [0.25, 0.3) is 0 Å². The predicted octanol–water partition coefficient (Wildman–Crippen LogP) is 2.26. The second-order valence-corrected chi connectivity index (χ2v) is 5.60. The molecule has 2 heterocycles. The highest BCUT2D eigenvalue weighted by atomic mass is 19.1. The molecule has 0 radical (unpaired) electrons. The van der Waals surface area contributed by atoms with Gasteiger partial charge in [-0.2, -0.15) is 5.10 Å². The van der Waals surface area contributed by atoms with Crippen molar-refractivity contribution >= 4 is 5.97 Å². The number of carboxylic acid groups (broad SMARTS) is 1. The van der Waals surface area contributed by atoms with Crippen molar-refractivity contribution in [3.63, 3.8) is 0 Å². The molecule has 0 aliphatic carbocycles. The van der Waals surface area contributed by atoms with E-state index in [1.165, 1.54) is 16.8 Å². The van der Waals surface area contributed by atoms with Crippen molar-refractivity contribution < 1.29 is 19.0 Å². The highest BCUT2D eigenvalue weighted by Gasteiger charge is 2.13. The molecule has 3 aromatic rings. The number of carbonyl (C=O) groups is 1. The summed E-state index contributed by atoms with van der Waals surface area (Å²) in [5, 5.41) is 13.2. The van der Waals surface area contributed by atoms with Crippen LogP contribution in [0.1, 0.15) is 17.2 Å². The van der Waals surface area contributed by atoms with Crippen molar-refractivity contribution in [3.05, 3.63) is 71.8 Å². The number of hydrogen-bond donors (Lipinski definition) is 1. The number of aromatic nitrogens is 4. The van der Waals surface area contributed by atoms with Crippen LogP contribution in [-0.2, 0) is 30.8 Å². The minimum atomic E-state index is -1.00. The Kier molecular flexibility index (Phi) is 5.52. The zero-order valence-electron chi connectivity index (χ0n) is 13.9. The first-order chi connectivity index (χ1) is 12.6. The molecule has 1 N–H and O–H groups in total. The molecule has 8 heteroatoms. The lowest BCUT2D eigenvalue weighted by atomic mass is 10.1. The fraction of sp³-hybridized carbons (Fsp3) is 0.222. The largest absolute Gasteiger partial charge is 0.485 e. The van der Waals surface area contributed by atoms with E-state index in [-0.39, 0.29) is 13.2 Å². The average Bonchev–Trinajstić information content (AvgIpc) is 3.00. The van der Waals surface area contributed by atoms with E-state index < -0.39 is 11.8 Å². The number of aliphatic carboxylic acids is 1. The summed E-state index contributed by atoms with van der Waals surface area (Å²) >= 11 is 0. The van der Waals surface area contributed by atoms with Gasteiger partial charge < -0.3 is 9.84 Å². The zero-order valence-corrected chi connectivity index (χ0v) is 13.9. The Morgan fingerprint density at radius 2 is 2.12 bits per heavy atom. The van der Waals surface area contributed by atoms with E-state index in [0.717, 1.165) is 5.56 Å². The van der Waals surface area contributed by atoms with Crippen LogP contribution in [0.3, 0.4) is 0 Å². The standard InChI is InChI=1S/C18H17FN4O3/c19-14-4-1-5-15(9-14)26-12-16-21-17(23(22-16)11-18(24)25)7-6-13-3-2-8-20-10-13/h1-5,8-10H,6-7,11-12H2,(H,24,25). The Morgan fingerprint density at radius 3 is 2.85 bits per heavy atom. The molecule has 0 spiro atoms. The quantitative estimate of drug-likeness (QED) is 0.666. The minimum absolute atomic E-state index is 0.0238. The van der Waals surface area contributed by atoms with Gasteiger partial charge in [0.2, 0.25) is 0 Å². The Balaban J connectivity index is 1.70. The highest BCUT2D eigenvalue weighted by molar-refractivity contribution is 5.66. The molecule has 2 aromatic heterocycles. The molecule has 0 saturated carbocycles. The number of nitrogens with zero attached hydrogens (tertiary/aromatic N) is 4. The molecule has 0 amide bonds. The topological polar surface area (TPSA) is 90.1 Å². The Morgan fingerprint density at radius 1 is 1.23 bits per heavy atom. The zero-order chi connectivity index (χ0) is 18.4. The van der Waals surface area contributed by atoms with Crippen molar-refractivity contribution in [2.75, 3.05) is 0 Å². The molecular weight excluding hydrogens is 339 g/mol. The van der Waals surface area contributed by atoms with Crippen molar-refractivity contribution in [1.82, 2.24) is 19.7 Å². The first-order valence-electron chi connectivity index (χ1n) is 8.02. The normalized spacial score (nSPS) is 10.7. The van der Waals surface area contributed by atoms with E-state index in [1.807, 2.05) is 12.1 Å². The van der Waals surface area contributed by atoms with Gasteiger partial charge in [0, 0.05) is 24.9 Å². The summed E-state index contributed by atoms with van der Waals surface area (Å²) in [5.41, 5.74) is 1.02. The number of aryl methyl sites for hydroxylation is 2. The van der Waals surface area contributed by atoms with Crippen LogP contribution in [0.5, 0.6) is 5.75 Å². The maximum Gasteiger partial charge on any atom is 0.325 e. The molecule has 7 nitrogen and oxygen atoms in total. The van der Waals surface area contributed by atoms with E-state index >= 15 is 0 Å². The molecule has 0 unspecified atom stereocenters. The van der Waals surface area contributed by atoms with Crippen molar-refractivity contribution in [1.29, 1.82) is 0 Å². The van der Waals surface area contributed by atoms with Crippen LogP contribution in [0.25, 0.3) is 0 Å². The first kappa shape index (κ1) is 17.5. The molecule has 0 bridgehead atoms. The van der Waals surface area contributed by atoms with Gasteiger partial charge >= 0.3 is 5.97 Å². The Labute approximate surface area is 149 Å². The summed E-state index contributed by atoms with van der Waals surface area (Å²) in [4.78, 5) is 19.5. The number of benzene rings is 1. The van der Waals surface area contributed by atoms with E-state index in [4.69, 9.17) is 9.84 Å². The Hall–Kier alpha value is -3.29. The SMILES string of the molecule is O=C(O)Cn1nc(COc2cccc(F)c2)nc1CCc1cccnc1. The molecular formula is C18H17FN4O3. The second-order valence-electron chi connectivity index (χ2n) is 5.60. The summed E-state index contributed by atoms with van der Waals surface area (Å²) in [7, 11) is 0. The van der Waals surface area contributed by atoms with Gasteiger partial charge in [0.15, 0.2) is 5.82 Å². The van der Waals surface area contributed by atoms with Crippen molar-refractivity contribution in [3.8, 4) is 5.75 Å². The van der Waals surface area contributed by atoms with Crippen LogP contribution in [0.15, 0.2) is 48.8 Å². The van der Waals surface area contributed by atoms with E-state index in [1.54, 1.807) is 24.5 Å². The molecule has 0 aliphatic heterocycles. The highest BCUT2D eigenvalue weighted by Crippen LogP contribution is 2.14. The number of ether oxygens (including phenoxy) is 1. The van der Waals surface area contributed by atoms with E-state index in [0.29, 0.717) is 30.2 Å². The third-order valence-corrected chi connectivity index (χ3v) is 3.60. The number of pyridine rings is 1. The van der Waals surface area contributed by atoms with Crippen LogP contribution in [0, 0.1) is 5.82 Å². The van der Waals surface area contributed by atoms with Crippen LogP contribution in [0.4, 0.5) is 4.39 Å². The maximum absolute atomic E-state index is 13.2. The predicted molar refractivity (Wildman–Crippen MR) is 90.0 cm³/mol. The number of hydrogen-bond acceptors (Lipinski definition) is 5. The summed E-state index contributed by atoms with van der Waals surface area (Å²) in [6, 6.07) is 9.54. The summed E-state index contributed by atoms with van der Waals surface area (Å²) in [5.74, 6) is -0.151. The summed E-state index contributed by atoms with van der Waals surface area (Å²) < 4.78 is 20.0. The van der Waals surface area contributed by atoms with Gasteiger partial charge in [0.05, 0.1) is 0 Å². The molecule has 0 fully saturated rings. The lowest BCUT2D eigenvalue weighted by Crippen LogP contribution is -2.14. The monoisotopic (exact) mass is 356 g/mol. The molecule has 0 aliphatic rings. The van der Waals surface area contributed by atoms with Gasteiger partial charge in [-0.15, -0.1) is 0 Å². The van der Waals surface area contributed by atoms with Crippen LogP contribution in [-0.4, -0.2) is 30.8 Å². The Bertz CT molecular complexity index is 883. The number of carboxylic acids is 1. The molecule has 1 aromatic carbocycles. The smallest absolute Gasteiger partial charge is 0.325 e. The summed E-state index contributed by atoms with van der Waals surface area (Å²) in [6.45, 7) is -0.259. The lowest BCUT2D eigenvalue weighted by Gasteiger charge is -2.03. The van der Waals surface area contributed by atoms with Crippen molar-refractivity contribution in [2.45, 2.75) is 26.0 Å². The molecule has 134 valence electrons. The fourth-order valence-electron chi connectivity index (χ4n) is 2.43. The lowest BCUT2D eigenvalue weighted by molar-refractivity contribution is -0.137. The van der Waals surface area contributed by atoms with Gasteiger partial charge in [0.1, 0.15) is 30.5 Å². The van der Waals surface area contributed by atoms with Crippen LogP contribution >= 0.6 is 0 Å². The van der Waals surface area contributed by atoms with Gasteiger partial charge in [-0.1, -0.05) is 12.1 Å². The van der Waals surface area contributed by atoms with Gasteiger partial charge in [-0.05, 0) is 30.2 Å². The van der Waals surface area contributed by atoms with E-state index in [2.05, 4.69) is 15.1 Å².